The summed E-state index contributed by atoms with van der Waals surface area (Å²) in [5.74, 6) is -1.80. The maximum absolute atomic E-state index is 12.4. The van der Waals surface area contributed by atoms with Gasteiger partial charge in [-0.1, -0.05) is 0 Å². The van der Waals surface area contributed by atoms with E-state index in [4.69, 9.17) is 4.74 Å². The smallest absolute Gasteiger partial charge is 0.321 e. The molecule has 1 unspecified atom stereocenters. The molecule has 0 bridgehead atoms. The van der Waals surface area contributed by atoms with Crippen molar-refractivity contribution < 1.29 is 14.3 Å². The number of thiophene rings is 1. The molecule has 0 amide bonds. The van der Waals surface area contributed by atoms with Crippen molar-refractivity contribution in [2.75, 3.05) is 6.61 Å². The van der Waals surface area contributed by atoms with E-state index in [1.54, 1.807) is 37.7 Å². The zero-order valence-corrected chi connectivity index (χ0v) is 11.5. The highest BCUT2D eigenvalue weighted by Gasteiger charge is 2.32. The van der Waals surface area contributed by atoms with E-state index in [9.17, 15) is 9.59 Å². The monoisotopic (exact) mass is 278 g/mol. The van der Waals surface area contributed by atoms with Crippen LogP contribution >= 0.6 is 11.3 Å². The number of carbonyl (C=O) groups is 2. The van der Waals surface area contributed by atoms with Crippen LogP contribution in [0.5, 0.6) is 0 Å². The van der Waals surface area contributed by atoms with E-state index in [0.717, 1.165) is 0 Å². The van der Waals surface area contributed by atoms with E-state index in [1.165, 1.54) is 16.0 Å². The summed E-state index contributed by atoms with van der Waals surface area (Å²) >= 11 is 1.44. The molecule has 2 aromatic rings. The molecule has 0 aliphatic rings. The molecule has 0 radical (unpaired) electrons. The van der Waals surface area contributed by atoms with Crippen molar-refractivity contribution in [3.8, 4) is 0 Å². The highest BCUT2D eigenvalue weighted by atomic mass is 32.1. The van der Waals surface area contributed by atoms with Gasteiger partial charge in [-0.05, 0) is 35.4 Å². The molecule has 0 aliphatic carbocycles. The standard InChI is InChI=1S/C13H14N2O3S/c1-3-18-13(17)11(9-5-7-19-8-9)12(16)10-4-6-15(2)14-10/h4-8,11H,3H2,1-2H3. The number of Topliss-reactive ketones (excluding diaryl/α,β-unsaturated/α-hetero) is 1. The van der Waals surface area contributed by atoms with Gasteiger partial charge in [0.25, 0.3) is 0 Å². The average Bonchev–Trinajstić information content (AvgIpc) is 3.01. The summed E-state index contributed by atoms with van der Waals surface area (Å²) in [4.78, 5) is 24.4. The molecule has 100 valence electrons. The topological polar surface area (TPSA) is 61.2 Å². The largest absolute Gasteiger partial charge is 0.465 e. The Morgan fingerprint density at radius 1 is 1.47 bits per heavy atom. The Morgan fingerprint density at radius 2 is 2.26 bits per heavy atom. The number of ether oxygens (including phenoxy) is 1. The van der Waals surface area contributed by atoms with Gasteiger partial charge in [-0.15, -0.1) is 0 Å². The molecule has 0 saturated carbocycles. The minimum atomic E-state index is -0.930. The number of rotatable bonds is 5. The molecule has 0 spiro atoms. The molecule has 0 aliphatic heterocycles. The van der Waals surface area contributed by atoms with Gasteiger partial charge < -0.3 is 4.74 Å². The number of aryl methyl sites for hydroxylation is 1. The zero-order chi connectivity index (χ0) is 13.8. The first-order valence-corrected chi connectivity index (χ1v) is 6.80. The van der Waals surface area contributed by atoms with Crippen molar-refractivity contribution in [3.05, 3.63) is 40.3 Å². The van der Waals surface area contributed by atoms with Gasteiger partial charge in [0.15, 0.2) is 0 Å². The van der Waals surface area contributed by atoms with Crippen molar-refractivity contribution >= 4 is 23.1 Å². The van der Waals surface area contributed by atoms with Crippen molar-refractivity contribution in [1.82, 2.24) is 9.78 Å². The van der Waals surface area contributed by atoms with E-state index in [-0.39, 0.29) is 18.1 Å². The number of esters is 1. The third-order valence-electron chi connectivity index (χ3n) is 2.63. The number of hydrogen-bond acceptors (Lipinski definition) is 5. The van der Waals surface area contributed by atoms with Gasteiger partial charge in [0.05, 0.1) is 6.61 Å². The normalized spacial score (nSPS) is 12.1. The summed E-state index contributed by atoms with van der Waals surface area (Å²) in [6.07, 6.45) is 1.67. The summed E-state index contributed by atoms with van der Waals surface area (Å²) < 4.78 is 6.52. The van der Waals surface area contributed by atoms with E-state index >= 15 is 0 Å². The summed E-state index contributed by atoms with van der Waals surface area (Å²) in [5, 5.41) is 7.65. The molecule has 2 aromatic heterocycles. The van der Waals surface area contributed by atoms with Crippen LogP contribution in [0.15, 0.2) is 29.1 Å². The molecular weight excluding hydrogens is 264 g/mol. The number of aromatic nitrogens is 2. The lowest BCUT2D eigenvalue weighted by atomic mass is 9.95. The molecule has 0 N–H and O–H groups in total. The molecule has 2 rings (SSSR count). The quantitative estimate of drug-likeness (QED) is 0.477. The first kappa shape index (κ1) is 13.5. The highest BCUT2D eigenvalue weighted by Crippen LogP contribution is 2.24. The van der Waals surface area contributed by atoms with Crippen molar-refractivity contribution in [2.24, 2.45) is 7.05 Å². The molecule has 1 atom stereocenters. The maximum atomic E-state index is 12.4. The number of hydrogen-bond donors (Lipinski definition) is 0. The second-order valence-electron chi connectivity index (χ2n) is 3.98. The van der Waals surface area contributed by atoms with Gasteiger partial charge in [0.2, 0.25) is 5.78 Å². The summed E-state index contributed by atoms with van der Waals surface area (Å²) in [6.45, 7) is 1.96. The molecule has 2 heterocycles. The van der Waals surface area contributed by atoms with Gasteiger partial charge in [-0.2, -0.15) is 16.4 Å². The molecular formula is C13H14N2O3S. The molecule has 0 fully saturated rings. The fraction of sp³-hybridized carbons (Fsp3) is 0.308. The van der Waals surface area contributed by atoms with Crippen LogP contribution in [0, 0.1) is 0 Å². The van der Waals surface area contributed by atoms with Crippen LogP contribution < -0.4 is 0 Å². The van der Waals surface area contributed by atoms with Gasteiger partial charge in [0, 0.05) is 13.2 Å². The first-order chi connectivity index (χ1) is 9.13. The Bertz CT molecular complexity index is 574. The van der Waals surface area contributed by atoms with Gasteiger partial charge in [-0.3, -0.25) is 14.3 Å². The fourth-order valence-electron chi connectivity index (χ4n) is 1.75. The molecule has 6 heteroatoms. The Labute approximate surface area is 114 Å². The Morgan fingerprint density at radius 3 is 2.79 bits per heavy atom. The SMILES string of the molecule is CCOC(=O)C(C(=O)c1ccn(C)n1)c1ccsc1. The number of carbonyl (C=O) groups excluding carboxylic acids is 2. The molecule has 5 nitrogen and oxygen atoms in total. The van der Waals surface area contributed by atoms with E-state index in [0.29, 0.717) is 5.56 Å². The van der Waals surface area contributed by atoms with Crippen LogP contribution in [0.1, 0.15) is 28.9 Å². The van der Waals surface area contributed by atoms with Crippen LogP contribution in [-0.2, 0) is 16.6 Å². The summed E-state index contributed by atoms with van der Waals surface area (Å²) in [7, 11) is 1.72. The van der Waals surface area contributed by atoms with E-state index < -0.39 is 11.9 Å². The third-order valence-corrected chi connectivity index (χ3v) is 3.33. The van der Waals surface area contributed by atoms with Crippen LogP contribution in [0.25, 0.3) is 0 Å². The van der Waals surface area contributed by atoms with E-state index in [1.807, 2.05) is 5.38 Å². The molecule has 0 aromatic carbocycles. The van der Waals surface area contributed by atoms with Gasteiger partial charge in [-0.25, -0.2) is 0 Å². The lowest BCUT2D eigenvalue weighted by Crippen LogP contribution is -2.24. The van der Waals surface area contributed by atoms with Crippen molar-refractivity contribution in [1.29, 1.82) is 0 Å². The van der Waals surface area contributed by atoms with Crippen LogP contribution in [0.3, 0.4) is 0 Å². The van der Waals surface area contributed by atoms with Crippen LogP contribution in [-0.4, -0.2) is 28.1 Å². The lowest BCUT2D eigenvalue weighted by Gasteiger charge is -2.12. The maximum Gasteiger partial charge on any atom is 0.321 e. The summed E-state index contributed by atoms with van der Waals surface area (Å²) in [6, 6.07) is 3.36. The van der Waals surface area contributed by atoms with Crippen molar-refractivity contribution in [3.63, 3.8) is 0 Å². The third kappa shape index (κ3) is 2.90. The average molecular weight is 278 g/mol. The number of nitrogens with zero attached hydrogens (tertiary/aromatic N) is 2. The molecule has 19 heavy (non-hydrogen) atoms. The molecule has 0 saturated heterocycles. The lowest BCUT2D eigenvalue weighted by molar-refractivity contribution is -0.143. The first-order valence-electron chi connectivity index (χ1n) is 5.86. The highest BCUT2D eigenvalue weighted by molar-refractivity contribution is 7.08. The van der Waals surface area contributed by atoms with Crippen LogP contribution in [0.4, 0.5) is 0 Å². The predicted octanol–water partition coefficient (Wildman–Crippen LogP) is 2.01. The predicted molar refractivity (Wildman–Crippen MR) is 71.2 cm³/mol. The Kier molecular flexibility index (Phi) is 4.11. The Hall–Kier alpha value is -1.95. The second kappa shape index (κ2) is 5.79. The minimum Gasteiger partial charge on any atom is -0.465 e. The van der Waals surface area contributed by atoms with Gasteiger partial charge >= 0.3 is 5.97 Å². The zero-order valence-electron chi connectivity index (χ0n) is 10.7. The Balaban J connectivity index is 2.32. The van der Waals surface area contributed by atoms with Crippen molar-refractivity contribution in [2.45, 2.75) is 12.8 Å². The van der Waals surface area contributed by atoms with E-state index in [2.05, 4.69) is 5.10 Å². The summed E-state index contributed by atoms with van der Waals surface area (Å²) in [5.41, 5.74) is 0.922. The fourth-order valence-corrected chi connectivity index (χ4v) is 2.44. The van der Waals surface area contributed by atoms with Gasteiger partial charge in [0.1, 0.15) is 11.6 Å². The second-order valence-corrected chi connectivity index (χ2v) is 4.76. The number of ketones is 1. The minimum absolute atomic E-state index is 0.245. The van der Waals surface area contributed by atoms with Crippen LogP contribution in [0.2, 0.25) is 0 Å².